The summed E-state index contributed by atoms with van der Waals surface area (Å²) in [6.07, 6.45) is 4.96. The summed E-state index contributed by atoms with van der Waals surface area (Å²) in [5, 5.41) is 0. The molecule has 0 spiro atoms. The van der Waals surface area contributed by atoms with Gasteiger partial charge in [-0.1, -0.05) is 30.3 Å². The molecule has 0 unspecified atom stereocenters. The molecule has 0 saturated heterocycles. The molecular formula is C15H25ClN2. The second-order valence-electron chi connectivity index (χ2n) is 5.47. The van der Waals surface area contributed by atoms with E-state index in [0.29, 0.717) is 0 Å². The topological polar surface area (TPSA) is 29.3 Å². The van der Waals surface area contributed by atoms with Gasteiger partial charge in [0.2, 0.25) is 0 Å². The lowest BCUT2D eigenvalue weighted by atomic mass is 9.72. The molecule has 0 bridgehead atoms. The Balaban J connectivity index is 0.00000162. The van der Waals surface area contributed by atoms with Crippen LogP contribution in [0.2, 0.25) is 0 Å². The van der Waals surface area contributed by atoms with Gasteiger partial charge in [-0.05, 0) is 57.8 Å². The van der Waals surface area contributed by atoms with Crippen LogP contribution in [0.15, 0.2) is 30.3 Å². The first-order valence-electron chi connectivity index (χ1n) is 6.62. The Morgan fingerprint density at radius 3 is 2.17 bits per heavy atom. The first kappa shape index (κ1) is 15.5. The molecule has 1 fully saturated rings. The fourth-order valence-corrected chi connectivity index (χ4v) is 3.13. The predicted octanol–water partition coefficient (Wildman–Crippen LogP) is 3.01. The van der Waals surface area contributed by atoms with Crippen molar-refractivity contribution in [3.05, 3.63) is 35.9 Å². The standard InChI is InChI=1S/C15H24N2.ClH/c1-17(2)15(14-6-4-3-5-7-14)10-8-13(12-16)9-11-15;/h3-7,13H,8-12,16H2,1-2H3;1H. The van der Waals surface area contributed by atoms with E-state index in [0.717, 1.165) is 12.5 Å². The van der Waals surface area contributed by atoms with Gasteiger partial charge in [-0.2, -0.15) is 0 Å². The molecule has 0 heterocycles. The molecule has 0 radical (unpaired) electrons. The molecule has 2 rings (SSSR count). The van der Waals surface area contributed by atoms with Crippen molar-refractivity contribution in [3.63, 3.8) is 0 Å². The third-order valence-corrected chi connectivity index (χ3v) is 4.43. The average molecular weight is 269 g/mol. The van der Waals surface area contributed by atoms with E-state index in [4.69, 9.17) is 5.73 Å². The van der Waals surface area contributed by atoms with Crippen molar-refractivity contribution in [2.45, 2.75) is 31.2 Å². The van der Waals surface area contributed by atoms with Gasteiger partial charge >= 0.3 is 0 Å². The van der Waals surface area contributed by atoms with Gasteiger partial charge in [0, 0.05) is 5.54 Å². The highest BCUT2D eigenvalue weighted by Crippen LogP contribution is 2.42. The van der Waals surface area contributed by atoms with Crippen LogP contribution in [0.4, 0.5) is 0 Å². The van der Waals surface area contributed by atoms with E-state index >= 15 is 0 Å². The maximum atomic E-state index is 5.79. The lowest BCUT2D eigenvalue weighted by Crippen LogP contribution is -2.45. The molecule has 1 aromatic carbocycles. The second-order valence-corrected chi connectivity index (χ2v) is 5.47. The summed E-state index contributed by atoms with van der Waals surface area (Å²) in [7, 11) is 4.41. The fraction of sp³-hybridized carbons (Fsp3) is 0.600. The van der Waals surface area contributed by atoms with E-state index in [-0.39, 0.29) is 17.9 Å². The highest BCUT2D eigenvalue weighted by atomic mass is 35.5. The van der Waals surface area contributed by atoms with Gasteiger partial charge in [0.05, 0.1) is 0 Å². The van der Waals surface area contributed by atoms with Crippen molar-refractivity contribution in [1.29, 1.82) is 0 Å². The molecule has 2 N–H and O–H groups in total. The number of rotatable bonds is 3. The van der Waals surface area contributed by atoms with Crippen molar-refractivity contribution in [1.82, 2.24) is 4.90 Å². The zero-order valence-electron chi connectivity index (χ0n) is 11.4. The third kappa shape index (κ3) is 2.87. The Bertz CT molecular complexity index is 343. The Kier molecular flexibility index (Phi) is 5.64. The maximum Gasteiger partial charge on any atom is 0.0455 e. The molecule has 2 nitrogen and oxygen atoms in total. The second kappa shape index (κ2) is 6.55. The van der Waals surface area contributed by atoms with Crippen LogP contribution in [-0.2, 0) is 5.54 Å². The molecular weight excluding hydrogens is 244 g/mol. The zero-order valence-corrected chi connectivity index (χ0v) is 12.2. The van der Waals surface area contributed by atoms with Crippen molar-refractivity contribution in [3.8, 4) is 0 Å². The fourth-order valence-electron chi connectivity index (χ4n) is 3.13. The van der Waals surface area contributed by atoms with Gasteiger partial charge < -0.3 is 5.73 Å². The number of hydrogen-bond donors (Lipinski definition) is 1. The number of nitrogens with zero attached hydrogens (tertiary/aromatic N) is 1. The number of halogens is 1. The van der Waals surface area contributed by atoms with Crippen LogP contribution in [0.25, 0.3) is 0 Å². The lowest BCUT2D eigenvalue weighted by Gasteiger charge is -2.45. The molecule has 0 atom stereocenters. The number of hydrogen-bond acceptors (Lipinski definition) is 2. The van der Waals surface area contributed by atoms with E-state index in [1.807, 2.05) is 0 Å². The SMILES string of the molecule is CN(C)C1(c2ccccc2)CCC(CN)CC1.Cl. The Morgan fingerprint density at radius 2 is 1.72 bits per heavy atom. The van der Waals surface area contributed by atoms with Gasteiger partial charge in [0.15, 0.2) is 0 Å². The Morgan fingerprint density at radius 1 is 1.17 bits per heavy atom. The molecule has 0 amide bonds. The quantitative estimate of drug-likeness (QED) is 0.913. The van der Waals surface area contributed by atoms with Gasteiger partial charge in [-0.25, -0.2) is 0 Å². The highest BCUT2D eigenvalue weighted by molar-refractivity contribution is 5.85. The maximum absolute atomic E-state index is 5.79. The summed E-state index contributed by atoms with van der Waals surface area (Å²) in [4.78, 5) is 2.40. The molecule has 1 aliphatic carbocycles. The predicted molar refractivity (Wildman–Crippen MR) is 80.1 cm³/mol. The molecule has 1 saturated carbocycles. The summed E-state index contributed by atoms with van der Waals surface area (Å²) in [5.41, 5.74) is 7.48. The van der Waals surface area contributed by atoms with Crippen LogP contribution in [-0.4, -0.2) is 25.5 Å². The van der Waals surface area contributed by atoms with Crippen molar-refractivity contribution in [2.24, 2.45) is 11.7 Å². The molecule has 3 heteroatoms. The summed E-state index contributed by atoms with van der Waals surface area (Å²) in [6.45, 7) is 0.846. The molecule has 0 aromatic heterocycles. The minimum absolute atomic E-state index is 0. The van der Waals surface area contributed by atoms with Crippen LogP contribution in [0, 0.1) is 5.92 Å². The summed E-state index contributed by atoms with van der Waals surface area (Å²) < 4.78 is 0. The van der Waals surface area contributed by atoms with Gasteiger partial charge in [-0.3, -0.25) is 4.90 Å². The van der Waals surface area contributed by atoms with Crippen molar-refractivity contribution in [2.75, 3.05) is 20.6 Å². The van der Waals surface area contributed by atoms with E-state index in [1.54, 1.807) is 0 Å². The average Bonchev–Trinajstić information content (AvgIpc) is 2.39. The van der Waals surface area contributed by atoms with Crippen LogP contribution in [0.1, 0.15) is 31.2 Å². The molecule has 1 aliphatic rings. The van der Waals surface area contributed by atoms with E-state index < -0.39 is 0 Å². The van der Waals surface area contributed by atoms with Gasteiger partial charge in [0.1, 0.15) is 0 Å². The van der Waals surface area contributed by atoms with Crippen LogP contribution in [0.5, 0.6) is 0 Å². The normalized spacial score (nSPS) is 27.9. The Labute approximate surface area is 117 Å². The molecule has 1 aromatic rings. The van der Waals surface area contributed by atoms with Crippen molar-refractivity contribution >= 4 is 12.4 Å². The van der Waals surface area contributed by atoms with E-state index in [9.17, 15) is 0 Å². The minimum Gasteiger partial charge on any atom is -0.330 e. The Hall–Kier alpha value is -0.570. The molecule has 18 heavy (non-hydrogen) atoms. The first-order valence-corrected chi connectivity index (χ1v) is 6.62. The third-order valence-electron chi connectivity index (χ3n) is 4.43. The van der Waals surface area contributed by atoms with Gasteiger partial charge in [0.25, 0.3) is 0 Å². The number of benzene rings is 1. The van der Waals surface area contributed by atoms with Gasteiger partial charge in [-0.15, -0.1) is 12.4 Å². The largest absolute Gasteiger partial charge is 0.330 e. The first-order chi connectivity index (χ1) is 8.19. The van der Waals surface area contributed by atoms with Crippen molar-refractivity contribution < 1.29 is 0 Å². The molecule has 102 valence electrons. The summed E-state index contributed by atoms with van der Waals surface area (Å²) >= 11 is 0. The minimum atomic E-state index is 0. The van der Waals surface area contributed by atoms with Crippen LogP contribution >= 0.6 is 12.4 Å². The number of nitrogens with two attached hydrogens (primary N) is 1. The monoisotopic (exact) mass is 268 g/mol. The summed E-state index contributed by atoms with van der Waals surface area (Å²) in [5.74, 6) is 0.729. The smallest absolute Gasteiger partial charge is 0.0455 e. The lowest BCUT2D eigenvalue weighted by molar-refractivity contribution is 0.0790. The summed E-state index contributed by atoms with van der Waals surface area (Å²) in [6, 6.07) is 10.9. The van der Waals surface area contributed by atoms with Crippen LogP contribution in [0.3, 0.4) is 0 Å². The van der Waals surface area contributed by atoms with Crippen LogP contribution < -0.4 is 5.73 Å². The van der Waals surface area contributed by atoms with E-state index in [1.165, 1.54) is 31.2 Å². The molecule has 0 aliphatic heterocycles. The van der Waals surface area contributed by atoms with E-state index in [2.05, 4.69) is 49.3 Å². The highest BCUT2D eigenvalue weighted by Gasteiger charge is 2.38. The zero-order chi connectivity index (χ0) is 12.3.